The van der Waals surface area contributed by atoms with E-state index in [0.29, 0.717) is 21.7 Å². The van der Waals surface area contributed by atoms with Gasteiger partial charge in [0.2, 0.25) is 0 Å². The van der Waals surface area contributed by atoms with Crippen molar-refractivity contribution in [2.75, 3.05) is 7.11 Å². The molecule has 6 heteroatoms. The molecule has 0 fully saturated rings. The molecule has 0 atom stereocenters. The molecule has 122 valence electrons. The first-order chi connectivity index (χ1) is 11.6. The molecular weight excluding hydrogens is 328 g/mol. The van der Waals surface area contributed by atoms with E-state index in [1.165, 1.54) is 6.20 Å². The molecule has 3 aromatic rings. The van der Waals surface area contributed by atoms with Crippen LogP contribution in [0, 0.1) is 0 Å². The monoisotopic (exact) mass is 342 g/mol. The molecule has 1 aromatic heterocycles. The summed E-state index contributed by atoms with van der Waals surface area (Å²) in [6, 6.07) is 12.5. The first-order valence-corrected chi connectivity index (χ1v) is 7.69. The van der Waals surface area contributed by atoms with E-state index in [1.54, 1.807) is 43.5 Å². The number of fused-ring (bicyclic) bond motifs is 1. The van der Waals surface area contributed by atoms with Crippen LogP contribution in [-0.2, 0) is 11.3 Å². The van der Waals surface area contributed by atoms with Gasteiger partial charge >= 0.3 is 0 Å². The number of ketones is 1. The van der Waals surface area contributed by atoms with E-state index < -0.39 is 11.7 Å². The topological polar surface area (TPSA) is 71.2 Å². The molecule has 24 heavy (non-hydrogen) atoms. The summed E-state index contributed by atoms with van der Waals surface area (Å²) in [6.45, 7) is 0.190. The van der Waals surface area contributed by atoms with Crippen molar-refractivity contribution in [3.8, 4) is 5.75 Å². The Morgan fingerprint density at radius 1 is 1.21 bits per heavy atom. The highest BCUT2D eigenvalue weighted by molar-refractivity contribution is 6.45. The lowest BCUT2D eigenvalue weighted by Crippen LogP contribution is -2.30. The molecule has 0 bridgehead atoms. The number of Topliss-reactive ketones (excluding diaryl/α,β-unsaturated/α-hetero) is 1. The van der Waals surface area contributed by atoms with Crippen molar-refractivity contribution in [2.24, 2.45) is 0 Å². The Morgan fingerprint density at radius 3 is 2.75 bits per heavy atom. The van der Waals surface area contributed by atoms with Crippen molar-refractivity contribution in [3.63, 3.8) is 0 Å². The Kier molecular flexibility index (Phi) is 4.53. The summed E-state index contributed by atoms with van der Waals surface area (Å²) in [5.41, 5.74) is 1.82. The van der Waals surface area contributed by atoms with Crippen molar-refractivity contribution >= 4 is 34.2 Å². The molecule has 2 N–H and O–H groups in total. The number of aromatic nitrogens is 1. The molecular formula is C18H15ClN2O3. The third kappa shape index (κ3) is 3.12. The SMILES string of the molecule is COc1ccc2[nH]cc(C(=O)C(=O)NCc3ccccc3Cl)c2c1. The zero-order valence-electron chi connectivity index (χ0n) is 12.9. The van der Waals surface area contributed by atoms with Crippen LogP contribution in [-0.4, -0.2) is 23.8 Å². The zero-order valence-corrected chi connectivity index (χ0v) is 13.7. The van der Waals surface area contributed by atoms with Crippen LogP contribution in [0.3, 0.4) is 0 Å². The van der Waals surface area contributed by atoms with Gasteiger partial charge in [-0.15, -0.1) is 0 Å². The Balaban J connectivity index is 1.78. The second kappa shape index (κ2) is 6.76. The molecule has 0 spiro atoms. The minimum Gasteiger partial charge on any atom is -0.497 e. The zero-order chi connectivity index (χ0) is 17.1. The molecule has 0 unspecified atom stereocenters. The summed E-state index contributed by atoms with van der Waals surface area (Å²) in [7, 11) is 1.55. The van der Waals surface area contributed by atoms with E-state index in [2.05, 4.69) is 10.3 Å². The van der Waals surface area contributed by atoms with Crippen molar-refractivity contribution in [1.29, 1.82) is 0 Å². The highest BCUT2D eigenvalue weighted by atomic mass is 35.5. The van der Waals surface area contributed by atoms with Crippen molar-refractivity contribution < 1.29 is 14.3 Å². The number of ether oxygens (including phenoxy) is 1. The van der Waals surface area contributed by atoms with Crippen LogP contribution in [0.15, 0.2) is 48.7 Å². The Labute approximate surface area is 143 Å². The average Bonchev–Trinajstić information content (AvgIpc) is 3.03. The van der Waals surface area contributed by atoms with E-state index in [1.807, 2.05) is 6.07 Å². The van der Waals surface area contributed by atoms with E-state index in [-0.39, 0.29) is 6.54 Å². The van der Waals surface area contributed by atoms with Gasteiger partial charge in [0.15, 0.2) is 0 Å². The first-order valence-electron chi connectivity index (χ1n) is 7.31. The maximum Gasteiger partial charge on any atom is 0.292 e. The number of rotatable bonds is 5. The molecule has 1 heterocycles. The maximum absolute atomic E-state index is 12.4. The van der Waals surface area contributed by atoms with E-state index in [4.69, 9.17) is 16.3 Å². The Hall–Kier alpha value is -2.79. The summed E-state index contributed by atoms with van der Waals surface area (Å²) in [5.74, 6) is -0.673. The molecule has 1 amide bonds. The number of hydrogen-bond acceptors (Lipinski definition) is 3. The van der Waals surface area contributed by atoms with Gasteiger partial charge in [0.25, 0.3) is 11.7 Å². The van der Waals surface area contributed by atoms with Gasteiger partial charge in [-0.1, -0.05) is 29.8 Å². The minimum absolute atomic E-state index is 0.190. The summed E-state index contributed by atoms with van der Waals surface area (Å²) in [4.78, 5) is 27.6. The van der Waals surface area contributed by atoms with Crippen LogP contribution in [0.2, 0.25) is 5.02 Å². The normalized spacial score (nSPS) is 10.6. The third-order valence-electron chi connectivity index (χ3n) is 3.74. The van der Waals surface area contributed by atoms with Gasteiger partial charge in [-0.3, -0.25) is 9.59 Å². The number of methoxy groups -OCH3 is 1. The van der Waals surface area contributed by atoms with Gasteiger partial charge in [0, 0.05) is 28.7 Å². The predicted octanol–water partition coefficient (Wildman–Crippen LogP) is 3.33. The number of hydrogen-bond donors (Lipinski definition) is 2. The highest BCUT2D eigenvalue weighted by Crippen LogP contribution is 2.24. The lowest BCUT2D eigenvalue weighted by molar-refractivity contribution is -0.117. The number of carbonyl (C=O) groups is 2. The smallest absolute Gasteiger partial charge is 0.292 e. The molecule has 2 aromatic carbocycles. The molecule has 0 aliphatic rings. The third-order valence-corrected chi connectivity index (χ3v) is 4.11. The van der Waals surface area contributed by atoms with Crippen LogP contribution in [0.5, 0.6) is 5.75 Å². The van der Waals surface area contributed by atoms with Crippen LogP contribution in [0.1, 0.15) is 15.9 Å². The summed E-state index contributed by atoms with van der Waals surface area (Å²) in [5, 5.41) is 3.79. The van der Waals surface area contributed by atoms with Gasteiger partial charge in [0.05, 0.1) is 12.7 Å². The fraction of sp³-hybridized carbons (Fsp3) is 0.111. The largest absolute Gasteiger partial charge is 0.497 e. The Bertz CT molecular complexity index is 918. The minimum atomic E-state index is -0.682. The molecule has 0 saturated heterocycles. The quantitative estimate of drug-likeness (QED) is 0.552. The second-order valence-corrected chi connectivity index (χ2v) is 5.62. The molecule has 0 aliphatic carbocycles. The van der Waals surface area contributed by atoms with Crippen LogP contribution >= 0.6 is 11.6 Å². The van der Waals surface area contributed by atoms with Crippen LogP contribution < -0.4 is 10.1 Å². The standard InChI is InChI=1S/C18H15ClN2O3/c1-24-12-6-7-16-13(8-12)14(10-20-16)17(22)18(23)21-9-11-4-2-3-5-15(11)19/h2-8,10,20H,9H2,1H3,(H,21,23). The van der Waals surface area contributed by atoms with Crippen molar-refractivity contribution in [2.45, 2.75) is 6.54 Å². The van der Waals surface area contributed by atoms with Gasteiger partial charge in [-0.05, 0) is 29.8 Å². The fourth-order valence-corrected chi connectivity index (χ4v) is 2.64. The summed E-state index contributed by atoms with van der Waals surface area (Å²) >= 11 is 6.04. The predicted molar refractivity (Wildman–Crippen MR) is 92.5 cm³/mol. The summed E-state index contributed by atoms with van der Waals surface area (Å²) < 4.78 is 5.16. The maximum atomic E-state index is 12.4. The molecule has 0 saturated carbocycles. The lowest BCUT2D eigenvalue weighted by atomic mass is 10.1. The van der Waals surface area contributed by atoms with Crippen LogP contribution in [0.4, 0.5) is 0 Å². The number of carbonyl (C=O) groups excluding carboxylic acids is 2. The van der Waals surface area contributed by atoms with E-state index in [0.717, 1.165) is 11.1 Å². The van der Waals surface area contributed by atoms with E-state index >= 15 is 0 Å². The van der Waals surface area contributed by atoms with Crippen LogP contribution in [0.25, 0.3) is 10.9 Å². The molecule has 3 rings (SSSR count). The van der Waals surface area contributed by atoms with Crippen molar-refractivity contribution in [3.05, 3.63) is 64.8 Å². The molecule has 5 nitrogen and oxygen atoms in total. The van der Waals surface area contributed by atoms with Crippen molar-refractivity contribution in [1.82, 2.24) is 10.3 Å². The highest BCUT2D eigenvalue weighted by Gasteiger charge is 2.20. The van der Waals surface area contributed by atoms with E-state index in [9.17, 15) is 9.59 Å². The first kappa shape index (κ1) is 16.1. The number of halogens is 1. The lowest BCUT2D eigenvalue weighted by Gasteiger charge is -2.06. The number of benzene rings is 2. The average molecular weight is 343 g/mol. The fourth-order valence-electron chi connectivity index (χ4n) is 2.43. The van der Waals surface area contributed by atoms with Gasteiger partial charge in [-0.25, -0.2) is 0 Å². The van der Waals surface area contributed by atoms with Gasteiger partial charge in [-0.2, -0.15) is 0 Å². The number of amides is 1. The van der Waals surface area contributed by atoms with Gasteiger partial charge in [0.1, 0.15) is 5.75 Å². The molecule has 0 aliphatic heterocycles. The number of nitrogens with one attached hydrogen (secondary N) is 2. The number of H-pyrrole nitrogens is 1. The summed E-state index contributed by atoms with van der Waals surface area (Å²) in [6.07, 6.45) is 1.53. The molecule has 0 radical (unpaired) electrons. The number of aromatic amines is 1. The second-order valence-electron chi connectivity index (χ2n) is 5.22. The Morgan fingerprint density at radius 2 is 2.00 bits per heavy atom. The van der Waals surface area contributed by atoms with Gasteiger partial charge < -0.3 is 15.0 Å².